The molecular formula is C14H26F3N3O. The number of likely N-dealkylation sites (tertiary alicyclic amines) is 1. The minimum absolute atomic E-state index is 0.324. The minimum atomic E-state index is -4.08. The van der Waals surface area contributed by atoms with Crippen molar-refractivity contribution < 1.29 is 17.9 Å². The van der Waals surface area contributed by atoms with E-state index in [0.29, 0.717) is 31.1 Å². The van der Waals surface area contributed by atoms with Crippen molar-refractivity contribution in [3.05, 3.63) is 0 Å². The molecule has 0 amide bonds. The highest BCUT2D eigenvalue weighted by atomic mass is 19.4. The number of ether oxygens (including phenoxy) is 1. The third kappa shape index (κ3) is 6.50. The Balaban J connectivity index is 1.60. The normalized spacial score (nSPS) is 29.7. The molecule has 2 rings (SSSR count). The van der Waals surface area contributed by atoms with Gasteiger partial charge in [0.1, 0.15) is 0 Å². The van der Waals surface area contributed by atoms with E-state index in [2.05, 4.69) is 17.6 Å². The van der Waals surface area contributed by atoms with Crippen molar-refractivity contribution in [2.45, 2.75) is 38.0 Å². The van der Waals surface area contributed by atoms with Crippen LogP contribution in [0, 0.1) is 5.92 Å². The maximum absolute atomic E-state index is 12.3. The van der Waals surface area contributed by atoms with Gasteiger partial charge in [0.25, 0.3) is 0 Å². The molecule has 0 aromatic heterocycles. The maximum atomic E-state index is 12.3. The van der Waals surface area contributed by atoms with Crippen LogP contribution in [0.1, 0.15) is 19.8 Å². The second-order valence-corrected chi connectivity index (χ2v) is 6.28. The number of alkyl halides is 3. The minimum Gasteiger partial charge on any atom is -0.379 e. The molecule has 4 nitrogen and oxygen atoms in total. The van der Waals surface area contributed by atoms with E-state index in [-0.39, 0.29) is 0 Å². The zero-order valence-electron chi connectivity index (χ0n) is 12.6. The topological polar surface area (TPSA) is 36.5 Å². The summed E-state index contributed by atoms with van der Waals surface area (Å²) in [5.74, 6) is 0.324. The third-order valence-corrected chi connectivity index (χ3v) is 4.16. The van der Waals surface area contributed by atoms with E-state index in [9.17, 15) is 13.2 Å². The summed E-state index contributed by atoms with van der Waals surface area (Å²) in [6.07, 6.45) is -2.25. The van der Waals surface area contributed by atoms with Crippen molar-refractivity contribution in [1.29, 1.82) is 0 Å². The molecule has 3 atom stereocenters. The molecule has 0 spiro atoms. The molecule has 0 bridgehead atoms. The summed E-state index contributed by atoms with van der Waals surface area (Å²) in [4.78, 5) is 1.51. The number of rotatable bonds is 6. The molecule has 2 aliphatic rings. The average molecular weight is 309 g/mol. The Morgan fingerprint density at radius 2 is 2.24 bits per heavy atom. The van der Waals surface area contributed by atoms with Gasteiger partial charge < -0.3 is 15.4 Å². The van der Waals surface area contributed by atoms with Gasteiger partial charge >= 0.3 is 6.18 Å². The van der Waals surface area contributed by atoms with Crippen LogP contribution in [-0.2, 0) is 4.74 Å². The van der Waals surface area contributed by atoms with Gasteiger partial charge in [0.05, 0.1) is 19.8 Å². The van der Waals surface area contributed by atoms with Gasteiger partial charge in [0.15, 0.2) is 0 Å². The van der Waals surface area contributed by atoms with E-state index in [1.807, 2.05) is 0 Å². The fourth-order valence-corrected chi connectivity index (χ4v) is 3.13. The van der Waals surface area contributed by atoms with Crippen LogP contribution in [0.3, 0.4) is 0 Å². The number of nitrogens with zero attached hydrogens (tertiary/aromatic N) is 1. The quantitative estimate of drug-likeness (QED) is 0.774. The summed E-state index contributed by atoms with van der Waals surface area (Å²) < 4.78 is 42.4. The van der Waals surface area contributed by atoms with Crippen LogP contribution < -0.4 is 10.6 Å². The summed E-state index contributed by atoms with van der Waals surface area (Å²) in [5, 5.41) is 6.86. The first-order valence-electron chi connectivity index (χ1n) is 7.76. The van der Waals surface area contributed by atoms with Crippen molar-refractivity contribution in [3.8, 4) is 0 Å². The highest BCUT2D eigenvalue weighted by Gasteiger charge is 2.34. The Morgan fingerprint density at radius 3 is 2.90 bits per heavy atom. The van der Waals surface area contributed by atoms with Crippen LogP contribution in [0.4, 0.5) is 13.2 Å². The van der Waals surface area contributed by atoms with Crippen LogP contribution in [0.5, 0.6) is 0 Å². The van der Waals surface area contributed by atoms with E-state index < -0.39 is 12.7 Å². The number of morpholine rings is 1. The maximum Gasteiger partial charge on any atom is 0.401 e. The largest absolute Gasteiger partial charge is 0.401 e. The molecular weight excluding hydrogens is 283 g/mol. The standard InChI is InChI=1S/C14H26F3N3O/c1-11(6-13-9-21-5-3-18-13)19-7-12-2-4-20(8-12)10-14(15,16)17/h11-13,18-19H,2-10H2,1H3. The summed E-state index contributed by atoms with van der Waals surface area (Å²) in [6.45, 7) is 5.66. The molecule has 2 aliphatic heterocycles. The molecule has 3 unspecified atom stereocenters. The molecule has 2 saturated heterocycles. The molecule has 0 aromatic carbocycles. The first-order chi connectivity index (χ1) is 9.92. The molecule has 2 fully saturated rings. The van der Waals surface area contributed by atoms with E-state index >= 15 is 0 Å². The van der Waals surface area contributed by atoms with Gasteiger partial charge in [-0.05, 0) is 38.8 Å². The molecule has 0 radical (unpaired) electrons. The monoisotopic (exact) mass is 309 g/mol. The highest BCUT2D eigenvalue weighted by Crippen LogP contribution is 2.22. The molecule has 124 valence electrons. The zero-order valence-corrected chi connectivity index (χ0v) is 12.6. The Bertz CT molecular complexity index is 308. The van der Waals surface area contributed by atoms with Crippen LogP contribution in [-0.4, -0.2) is 69.1 Å². The van der Waals surface area contributed by atoms with Gasteiger partial charge in [0.2, 0.25) is 0 Å². The first-order valence-corrected chi connectivity index (χ1v) is 7.76. The lowest BCUT2D eigenvalue weighted by Gasteiger charge is -2.27. The fourth-order valence-electron chi connectivity index (χ4n) is 3.13. The van der Waals surface area contributed by atoms with Gasteiger partial charge in [-0.2, -0.15) is 13.2 Å². The smallest absolute Gasteiger partial charge is 0.379 e. The summed E-state index contributed by atoms with van der Waals surface area (Å²) in [5.41, 5.74) is 0. The van der Waals surface area contributed by atoms with Crippen molar-refractivity contribution in [3.63, 3.8) is 0 Å². The Kier molecular flexibility index (Phi) is 6.28. The summed E-state index contributed by atoms with van der Waals surface area (Å²) in [7, 11) is 0. The van der Waals surface area contributed by atoms with Crippen LogP contribution >= 0.6 is 0 Å². The third-order valence-electron chi connectivity index (χ3n) is 4.16. The Hall–Kier alpha value is -0.370. The van der Waals surface area contributed by atoms with E-state index in [0.717, 1.165) is 39.1 Å². The summed E-state index contributed by atoms with van der Waals surface area (Å²) >= 11 is 0. The van der Waals surface area contributed by atoms with E-state index in [1.165, 1.54) is 4.90 Å². The van der Waals surface area contributed by atoms with Crippen LogP contribution in [0.2, 0.25) is 0 Å². The lowest BCUT2D eigenvalue weighted by atomic mass is 10.1. The van der Waals surface area contributed by atoms with Gasteiger partial charge in [-0.25, -0.2) is 0 Å². The van der Waals surface area contributed by atoms with Gasteiger partial charge in [-0.1, -0.05) is 0 Å². The number of nitrogens with one attached hydrogen (secondary N) is 2. The predicted molar refractivity (Wildman–Crippen MR) is 75.3 cm³/mol. The molecule has 21 heavy (non-hydrogen) atoms. The Labute approximate surface area is 124 Å². The molecule has 0 aliphatic carbocycles. The predicted octanol–water partition coefficient (Wildman–Crippen LogP) is 1.23. The number of halogens is 3. The number of hydrogen-bond donors (Lipinski definition) is 2. The second kappa shape index (κ2) is 7.76. The van der Waals surface area contributed by atoms with Crippen molar-refractivity contribution >= 4 is 0 Å². The van der Waals surface area contributed by atoms with Gasteiger partial charge in [-0.3, -0.25) is 4.90 Å². The highest BCUT2D eigenvalue weighted by molar-refractivity contribution is 4.81. The summed E-state index contributed by atoms with van der Waals surface area (Å²) in [6, 6.07) is 0.729. The molecule has 2 N–H and O–H groups in total. The lowest BCUT2D eigenvalue weighted by Crippen LogP contribution is -2.45. The lowest BCUT2D eigenvalue weighted by molar-refractivity contribution is -0.143. The Morgan fingerprint density at radius 1 is 1.43 bits per heavy atom. The molecule has 0 saturated carbocycles. The fraction of sp³-hybridized carbons (Fsp3) is 1.00. The van der Waals surface area contributed by atoms with Crippen molar-refractivity contribution in [1.82, 2.24) is 15.5 Å². The van der Waals surface area contributed by atoms with Crippen molar-refractivity contribution in [2.24, 2.45) is 5.92 Å². The molecule has 2 heterocycles. The second-order valence-electron chi connectivity index (χ2n) is 6.28. The van der Waals surface area contributed by atoms with Gasteiger partial charge in [0, 0.05) is 25.2 Å². The first kappa shape index (κ1) is 17.0. The van der Waals surface area contributed by atoms with Crippen LogP contribution in [0.25, 0.3) is 0 Å². The van der Waals surface area contributed by atoms with Crippen LogP contribution in [0.15, 0.2) is 0 Å². The number of hydrogen-bond acceptors (Lipinski definition) is 4. The van der Waals surface area contributed by atoms with Crippen molar-refractivity contribution in [2.75, 3.05) is 45.9 Å². The SMILES string of the molecule is CC(CC1COCCN1)NCC1CCN(CC(F)(F)F)C1. The average Bonchev–Trinajstić information content (AvgIpc) is 2.83. The molecule has 0 aromatic rings. The van der Waals surface area contributed by atoms with E-state index in [4.69, 9.17) is 4.74 Å². The van der Waals surface area contributed by atoms with Gasteiger partial charge in [-0.15, -0.1) is 0 Å². The zero-order chi connectivity index (χ0) is 15.3. The van der Waals surface area contributed by atoms with E-state index in [1.54, 1.807) is 0 Å². The molecule has 7 heteroatoms.